The Hall–Kier alpha value is -3.71. The summed E-state index contributed by atoms with van der Waals surface area (Å²) in [7, 11) is 0. The number of ether oxygens (including phenoxy) is 2. The molecule has 1 saturated heterocycles. The summed E-state index contributed by atoms with van der Waals surface area (Å²) in [6.07, 6.45) is 4.37. The lowest BCUT2D eigenvalue weighted by Crippen LogP contribution is -2.61. The van der Waals surface area contributed by atoms with E-state index in [0.29, 0.717) is 17.7 Å². The maximum atomic E-state index is 13.6. The van der Waals surface area contributed by atoms with E-state index in [1.807, 2.05) is 54.6 Å². The molecule has 41 heavy (non-hydrogen) atoms. The number of rotatable bonds is 7. The summed E-state index contributed by atoms with van der Waals surface area (Å²) in [5, 5.41) is 5.41. The zero-order valence-corrected chi connectivity index (χ0v) is 23.8. The summed E-state index contributed by atoms with van der Waals surface area (Å²) >= 11 is 0. The molecular weight excluding hydrogens is 516 g/mol. The Kier molecular flexibility index (Phi) is 7.56. The van der Waals surface area contributed by atoms with Crippen molar-refractivity contribution in [1.29, 1.82) is 0 Å². The minimum Gasteiger partial charge on any atom is -0.462 e. The highest BCUT2D eigenvalue weighted by atomic mass is 16.5. The van der Waals surface area contributed by atoms with Crippen molar-refractivity contribution in [3.8, 4) is 5.75 Å². The van der Waals surface area contributed by atoms with Gasteiger partial charge >= 0.3 is 11.9 Å². The summed E-state index contributed by atoms with van der Waals surface area (Å²) in [5.41, 5.74) is 1.32. The predicted molar refractivity (Wildman–Crippen MR) is 157 cm³/mol. The predicted octanol–water partition coefficient (Wildman–Crippen LogP) is 5.26. The van der Waals surface area contributed by atoms with Crippen molar-refractivity contribution in [2.24, 2.45) is 11.8 Å². The van der Waals surface area contributed by atoms with Crippen molar-refractivity contribution in [1.82, 2.24) is 10.2 Å². The zero-order chi connectivity index (χ0) is 28.6. The van der Waals surface area contributed by atoms with Crippen molar-refractivity contribution < 1.29 is 23.9 Å². The van der Waals surface area contributed by atoms with Crippen LogP contribution in [0.15, 0.2) is 66.7 Å². The normalized spacial score (nSPS) is 26.1. The Bertz CT molecular complexity index is 1470. The number of piperidine rings is 1. The second-order valence-electron chi connectivity index (χ2n) is 12.2. The van der Waals surface area contributed by atoms with E-state index in [2.05, 4.69) is 16.3 Å². The number of hydrogen-bond acceptors (Lipinski definition) is 6. The van der Waals surface area contributed by atoms with Crippen LogP contribution in [0, 0.1) is 11.8 Å². The molecule has 3 aromatic carbocycles. The molecule has 1 aliphatic heterocycles. The molecule has 4 atom stereocenters. The summed E-state index contributed by atoms with van der Waals surface area (Å²) in [4.78, 5) is 40.2. The van der Waals surface area contributed by atoms with Crippen LogP contribution in [0.5, 0.6) is 5.75 Å². The molecule has 6 rings (SSSR count). The number of hydrogen-bond donors (Lipinski definition) is 1. The molecular formula is C34H38N2O5. The molecule has 2 aliphatic carbocycles. The van der Waals surface area contributed by atoms with Crippen LogP contribution in [0.2, 0.25) is 0 Å². The fourth-order valence-electron chi connectivity index (χ4n) is 7.18. The molecule has 3 fully saturated rings. The van der Waals surface area contributed by atoms with E-state index in [1.165, 1.54) is 26.7 Å². The Morgan fingerprint density at radius 2 is 1.76 bits per heavy atom. The number of nitrogens with one attached hydrogen (secondary N) is 1. The SMILES string of the molecule is CC(=O)Oc1cccc([C@@]23CCN(CC4CC4)C[C@H]2C(OC(C)=O)C[C@@H](NC(=O)c2ccc4ccccc4c2)C3)c1. The molecule has 7 nitrogen and oxygen atoms in total. The summed E-state index contributed by atoms with van der Waals surface area (Å²) in [6, 6.07) is 21.3. The van der Waals surface area contributed by atoms with Gasteiger partial charge in [0.25, 0.3) is 5.91 Å². The lowest BCUT2D eigenvalue weighted by molar-refractivity contribution is -0.157. The largest absolute Gasteiger partial charge is 0.462 e. The van der Waals surface area contributed by atoms with Crippen LogP contribution in [0.1, 0.15) is 61.9 Å². The van der Waals surface area contributed by atoms with Gasteiger partial charge in [-0.3, -0.25) is 14.4 Å². The summed E-state index contributed by atoms with van der Waals surface area (Å²) in [6.45, 7) is 5.71. The molecule has 214 valence electrons. The Morgan fingerprint density at radius 1 is 0.951 bits per heavy atom. The molecule has 0 radical (unpaired) electrons. The molecule has 1 amide bonds. The fraction of sp³-hybridized carbons (Fsp3) is 0.441. The standard InChI is InChI=1S/C34H38N2O5/c1-22(37)40-30-9-5-8-28(17-30)34-14-15-36(20-24-10-11-24)21-31(34)32(41-23(2)38)18-29(19-34)35-33(39)27-13-12-25-6-3-4-7-26(25)16-27/h3-9,12-13,16-17,24,29,31-32H,10-11,14-15,18-21H2,1-2H3,(H,35,39)/t29-,31+,32?,34+/m1/s1. The van der Waals surface area contributed by atoms with Gasteiger partial charge in [-0.2, -0.15) is 0 Å². The topological polar surface area (TPSA) is 84.9 Å². The third-order valence-electron chi connectivity index (χ3n) is 9.16. The van der Waals surface area contributed by atoms with E-state index in [-0.39, 0.29) is 41.3 Å². The average molecular weight is 555 g/mol. The number of carbonyl (C=O) groups excluding carboxylic acids is 3. The number of esters is 2. The fourth-order valence-corrected chi connectivity index (χ4v) is 7.18. The molecule has 3 aromatic rings. The van der Waals surface area contributed by atoms with Gasteiger partial charge in [0.2, 0.25) is 0 Å². The number of fused-ring (bicyclic) bond motifs is 2. The summed E-state index contributed by atoms with van der Waals surface area (Å²) < 4.78 is 11.5. The van der Waals surface area contributed by atoms with E-state index < -0.39 is 0 Å². The van der Waals surface area contributed by atoms with Gasteiger partial charge in [-0.15, -0.1) is 0 Å². The van der Waals surface area contributed by atoms with Gasteiger partial charge in [-0.1, -0.05) is 42.5 Å². The first-order chi connectivity index (χ1) is 19.8. The molecule has 3 aliphatic rings. The van der Waals surface area contributed by atoms with Crippen molar-refractivity contribution in [3.05, 3.63) is 77.9 Å². The van der Waals surface area contributed by atoms with Crippen molar-refractivity contribution >= 4 is 28.6 Å². The number of likely N-dealkylation sites (tertiary alicyclic amines) is 1. The van der Waals surface area contributed by atoms with Gasteiger partial charge in [0.15, 0.2) is 0 Å². The number of benzene rings is 3. The molecule has 1 heterocycles. The lowest BCUT2D eigenvalue weighted by atomic mass is 9.56. The lowest BCUT2D eigenvalue weighted by Gasteiger charge is -2.55. The van der Waals surface area contributed by atoms with Crippen LogP contribution in [-0.2, 0) is 19.7 Å². The highest BCUT2D eigenvalue weighted by molar-refractivity contribution is 5.98. The van der Waals surface area contributed by atoms with Crippen molar-refractivity contribution in [3.63, 3.8) is 0 Å². The Balaban J connectivity index is 1.33. The number of carbonyl (C=O) groups is 3. The second kappa shape index (κ2) is 11.3. The maximum absolute atomic E-state index is 13.6. The minimum atomic E-state index is -0.364. The van der Waals surface area contributed by atoms with Crippen LogP contribution < -0.4 is 10.1 Å². The van der Waals surface area contributed by atoms with Crippen molar-refractivity contribution in [2.75, 3.05) is 19.6 Å². The third kappa shape index (κ3) is 6.01. The molecule has 1 unspecified atom stereocenters. The maximum Gasteiger partial charge on any atom is 0.308 e. The first kappa shape index (κ1) is 27.5. The van der Waals surface area contributed by atoms with Gasteiger partial charge in [-0.05, 0) is 78.7 Å². The minimum absolute atomic E-state index is 0.0558. The summed E-state index contributed by atoms with van der Waals surface area (Å²) in [5.74, 6) is 0.529. The van der Waals surface area contributed by atoms with E-state index in [0.717, 1.165) is 54.7 Å². The molecule has 0 aromatic heterocycles. The van der Waals surface area contributed by atoms with Crippen LogP contribution in [-0.4, -0.2) is 54.5 Å². The van der Waals surface area contributed by atoms with E-state index in [1.54, 1.807) is 6.07 Å². The third-order valence-corrected chi connectivity index (χ3v) is 9.16. The highest BCUT2D eigenvalue weighted by Crippen LogP contribution is 2.51. The van der Waals surface area contributed by atoms with Gasteiger partial charge in [0.1, 0.15) is 11.9 Å². The van der Waals surface area contributed by atoms with E-state index >= 15 is 0 Å². The van der Waals surface area contributed by atoms with Gasteiger partial charge in [0.05, 0.1) is 0 Å². The van der Waals surface area contributed by atoms with Gasteiger partial charge < -0.3 is 19.7 Å². The monoisotopic (exact) mass is 554 g/mol. The van der Waals surface area contributed by atoms with Crippen LogP contribution in [0.3, 0.4) is 0 Å². The van der Waals surface area contributed by atoms with Gasteiger partial charge in [-0.25, -0.2) is 0 Å². The Morgan fingerprint density at radius 3 is 2.51 bits per heavy atom. The molecule has 7 heteroatoms. The second-order valence-corrected chi connectivity index (χ2v) is 12.2. The van der Waals surface area contributed by atoms with Crippen LogP contribution >= 0.6 is 0 Å². The number of amides is 1. The zero-order valence-electron chi connectivity index (χ0n) is 23.8. The molecule has 1 N–H and O–H groups in total. The van der Waals surface area contributed by atoms with E-state index in [4.69, 9.17) is 9.47 Å². The molecule has 0 spiro atoms. The number of nitrogens with zero attached hydrogens (tertiary/aromatic N) is 1. The van der Waals surface area contributed by atoms with Crippen LogP contribution in [0.25, 0.3) is 10.8 Å². The highest BCUT2D eigenvalue weighted by Gasteiger charge is 2.54. The average Bonchev–Trinajstić information content (AvgIpc) is 3.76. The molecule has 0 bridgehead atoms. The quantitative estimate of drug-likeness (QED) is 0.317. The first-order valence-corrected chi connectivity index (χ1v) is 14.8. The molecule has 2 saturated carbocycles. The smallest absolute Gasteiger partial charge is 0.308 e. The Labute approximate surface area is 241 Å². The van der Waals surface area contributed by atoms with Gasteiger partial charge in [0, 0.05) is 56.3 Å². The van der Waals surface area contributed by atoms with Crippen LogP contribution in [0.4, 0.5) is 0 Å². The van der Waals surface area contributed by atoms with Crippen molar-refractivity contribution in [2.45, 2.75) is 63.5 Å². The van der Waals surface area contributed by atoms with E-state index in [9.17, 15) is 14.4 Å². The first-order valence-electron chi connectivity index (χ1n) is 14.8.